The van der Waals surface area contributed by atoms with E-state index in [2.05, 4.69) is 94.7 Å². The summed E-state index contributed by atoms with van der Waals surface area (Å²) in [6.07, 6.45) is 0. The molecule has 0 radical (unpaired) electrons. The van der Waals surface area contributed by atoms with Gasteiger partial charge in [-0.25, -0.2) is 0 Å². The van der Waals surface area contributed by atoms with E-state index < -0.39 is 16.8 Å². The molecule has 0 rings (SSSR count). The molecule has 0 fully saturated rings. The molecule has 0 aromatic heterocycles. The molecular formula is C18H42FNSi2. The van der Waals surface area contributed by atoms with Crippen LogP contribution < -0.4 is 4.65 Å². The van der Waals surface area contributed by atoms with E-state index in [4.69, 9.17) is 0 Å². The van der Waals surface area contributed by atoms with Crippen LogP contribution in [0.3, 0.4) is 0 Å². The molecule has 0 saturated heterocycles. The summed E-state index contributed by atoms with van der Waals surface area (Å²) in [6, 6.07) is 1.06. The average molecular weight is 348 g/mol. The highest BCUT2D eigenvalue weighted by atomic mass is 28.4. The summed E-state index contributed by atoms with van der Waals surface area (Å²) in [5.41, 5.74) is 0. The Hall–Kier alpha value is 0.324. The molecule has 4 heteroatoms. The second-order valence-corrected chi connectivity index (χ2v) is 21.9. The summed E-state index contributed by atoms with van der Waals surface area (Å²) >= 11 is 0. The van der Waals surface area contributed by atoms with E-state index in [9.17, 15) is 0 Å². The Balaban J connectivity index is 6.36. The van der Waals surface area contributed by atoms with Crippen molar-refractivity contribution in [3.8, 4) is 0 Å². The molecule has 134 valence electrons. The second-order valence-electron chi connectivity index (χ2n) is 11.0. The minimum absolute atomic E-state index is 0.112. The average Bonchev–Trinajstić information content (AvgIpc) is 2.18. The first-order valence-corrected chi connectivity index (χ1v) is 12.8. The summed E-state index contributed by atoms with van der Waals surface area (Å²) < 4.78 is 20.5. The molecule has 0 spiro atoms. The van der Waals surface area contributed by atoms with Crippen LogP contribution in [0, 0.1) is 0 Å². The monoisotopic (exact) mass is 347 g/mol. The van der Waals surface area contributed by atoms with Crippen LogP contribution in [0.5, 0.6) is 0 Å². The summed E-state index contributed by atoms with van der Waals surface area (Å²) in [4.78, 5) is 0. The lowest BCUT2D eigenvalue weighted by atomic mass is 10.2. The summed E-state index contributed by atoms with van der Waals surface area (Å²) in [5, 5.41) is -0.425. The van der Waals surface area contributed by atoms with Crippen molar-refractivity contribution >= 4 is 16.8 Å². The fraction of sp³-hybridized carbons (Fsp3) is 1.00. The normalized spacial score (nSPS) is 16.1. The molecule has 0 amide bonds. The van der Waals surface area contributed by atoms with E-state index in [1.54, 1.807) is 0 Å². The topological polar surface area (TPSA) is 12.0 Å². The van der Waals surface area contributed by atoms with Crippen LogP contribution in [0.1, 0.15) is 90.0 Å². The predicted molar refractivity (Wildman–Crippen MR) is 105 cm³/mol. The molecule has 0 aliphatic carbocycles. The molecule has 0 unspecified atom stereocenters. The highest BCUT2D eigenvalue weighted by molar-refractivity contribution is 6.95. The predicted octanol–water partition coefficient (Wildman–Crippen LogP) is 7.15. The fourth-order valence-corrected chi connectivity index (χ4v) is 20.1. The van der Waals surface area contributed by atoms with Crippen LogP contribution in [0.2, 0.25) is 26.2 Å². The Kier molecular flexibility index (Phi) is 6.09. The first kappa shape index (κ1) is 22.3. The van der Waals surface area contributed by atoms with Gasteiger partial charge in [0.1, 0.15) is 8.24 Å². The van der Waals surface area contributed by atoms with Gasteiger partial charge in [-0.15, -0.1) is 0 Å². The van der Waals surface area contributed by atoms with Crippen LogP contribution in [-0.4, -0.2) is 16.8 Å². The van der Waals surface area contributed by atoms with Crippen molar-refractivity contribution in [3.63, 3.8) is 0 Å². The molecule has 1 nitrogen and oxygen atoms in total. The highest BCUT2D eigenvalue weighted by Gasteiger charge is 2.63. The van der Waals surface area contributed by atoms with Crippen LogP contribution in [-0.2, 0) is 0 Å². The quantitative estimate of drug-likeness (QED) is 0.422. The SMILES string of the molecule is CC[Si](N[Si](F)(C(C)(C)C)C(C)(C)C)(C(C)(C)C)C(C)(C)C. The molecule has 0 bridgehead atoms. The molecule has 0 saturated carbocycles. The highest BCUT2D eigenvalue weighted by Crippen LogP contribution is 2.57. The zero-order valence-electron chi connectivity index (χ0n) is 17.6. The van der Waals surface area contributed by atoms with E-state index in [0.29, 0.717) is 0 Å². The van der Waals surface area contributed by atoms with Gasteiger partial charge in [0.05, 0.1) is 0 Å². The van der Waals surface area contributed by atoms with Gasteiger partial charge in [-0.1, -0.05) is 90.0 Å². The molecule has 0 atom stereocenters. The van der Waals surface area contributed by atoms with Gasteiger partial charge in [0.25, 0.3) is 0 Å². The third kappa shape index (κ3) is 3.69. The maximum absolute atomic E-state index is 16.6. The molecule has 1 N–H and O–H groups in total. The third-order valence-corrected chi connectivity index (χ3v) is 18.9. The van der Waals surface area contributed by atoms with Crippen molar-refractivity contribution in [1.82, 2.24) is 4.65 Å². The Bertz CT molecular complexity index is 350. The van der Waals surface area contributed by atoms with Gasteiger partial charge < -0.3 is 4.65 Å². The van der Waals surface area contributed by atoms with Gasteiger partial charge in [-0.2, -0.15) is 0 Å². The molecule has 22 heavy (non-hydrogen) atoms. The van der Waals surface area contributed by atoms with E-state index in [-0.39, 0.29) is 20.2 Å². The van der Waals surface area contributed by atoms with E-state index in [1.165, 1.54) is 0 Å². The molecule has 0 aromatic carbocycles. The van der Waals surface area contributed by atoms with E-state index in [1.807, 2.05) is 0 Å². The van der Waals surface area contributed by atoms with Gasteiger partial charge in [0, 0.05) is 0 Å². The van der Waals surface area contributed by atoms with Crippen molar-refractivity contribution in [2.45, 2.75) is 116 Å². The molecule has 0 heterocycles. The van der Waals surface area contributed by atoms with E-state index in [0.717, 1.165) is 6.04 Å². The molecule has 0 aromatic rings. The van der Waals surface area contributed by atoms with Crippen molar-refractivity contribution in [2.75, 3.05) is 0 Å². The lowest BCUT2D eigenvalue weighted by Crippen LogP contribution is -2.75. The largest absolute Gasteiger partial charge is 0.332 e. The van der Waals surface area contributed by atoms with Gasteiger partial charge in [-0.3, -0.25) is 4.11 Å². The Morgan fingerprint density at radius 2 is 0.909 bits per heavy atom. The molecule has 0 aliphatic heterocycles. The zero-order valence-corrected chi connectivity index (χ0v) is 19.6. The number of nitrogens with one attached hydrogen (secondary N) is 1. The second kappa shape index (κ2) is 6.00. The number of hydrogen-bond acceptors (Lipinski definition) is 1. The smallest absolute Gasteiger partial charge is 0.323 e. The maximum Gasteiger partial charge on any atom is 0.323 e. The number of hydrogen-bond donors (Lipinski definition) is 1. The van der Waals surface area contributed by atoms with E-state index >= 15 is 4.11 Å². The van der Waals surface area contributed by atoms with Crippen molar-refractivity contribution in [2.24, 2.45) is 0 Å². The van der Waals surface area contributed by atoms with Gasteiger partial charge in [0.15, 0.2) is 0 Å². The van der Waals surface area contributed by atoms with Gasteiger partial charge in [-0.05, 0) is 26.2 Å². The zero-order chi connectivity index (χ0) is 18.4. The first-order chi connectivity index (χ1) is 9.27. The Labute approximate surface area is 142 Å². The maximum atomic E-state index is 16.6. The number of rotatable bonds is 3. The Morgan fingerprint density at radius 1 is 0.636 bits per heavy atom. The Morgan fingerprint density at radius 3 is 1.05 bits per heavy atom. The van der Waals surface area contributed by atoms with Crippen LogP contribution in [0.15, 0.2) is 0 Å². The number of halogens is 1. The van der Waals surface area contributed by atoms with Crippen molar-refractivity contribution in [1.29, 1.82) is 0 Å². The lowest BCUT2D eigenvalue weighted by Gasteiger charge is -2.58. The fourth-order valence-electron chi connectivity index (χ4n) is 4.44. The summed E-state index contributed by atoms with van der Waals surface area (Å²) in [5.74, 6) is 0. The van der Waals surface area contributed by atoms with Gasteiger partial charge >= 0.3 is 8.57 Å². The van der Waals surface area contributed by atoms with Crippen LogP contribution in [0.4, 0.5) is 4.11 Å². The third-order valence-electron chi connectivity index (χ3n) is 5.54. The molecule has 0 aliphatic rings. The summed E-state index contributed by atoms with van der Waals surface area (Å²) in [7, 11) is -5.31. The molecular weight excluding hydrogens is 305 g/mol. The minimum atomic E-state index is -3.22. The van der Waals surface area contributed by atoms with Crippen molar-refractivity contribution in [3.05, 3.63) is 0 Å². The van der Waals surface area contributed by atoms with Crippen molar-refractivity contribution < 1.29 is 4.11 Å². The first-order valence-electron chi connectivity index (χ1n) is 8.75. The summed E-state index contributed by atoms with van der Waals surface area (Å²) in [6.45, 7) is 28.6. The standard InChI is InChI=1S/C18H42FNSi2/c1-14-21(15(2,3)4,16(5,6)7)20-22(19,17(8,9)10)18(11,12)13/h20H,14H2,1-13H3. The van der Waals surface area contributed by atoms with Crippen LogP contribution in [0.25, 0.3) is 0 Å². The van der Waals surface area contributed by atoms with Crippen LogP contribution >= 0.6 is 0 Å². The lowest BCUT2D eigenvalue weighted by molar-refractivity contribution is 0.489. The van der Waals surface area contributed by atoms with Gasteiger partial charge in [0.2, 0.25) is 0 Å². The minimum Gasteiger partial charge on any atom is -0.332 e.